The van der Waals surface area contributed by atoms with Crippen molar-refractivity contribution >= 4 is 8.80 Å². The van der Waals surface area contributed by atoms with Crippen molar-refractivity contribution in [1.82, 2.24) is 0 Å². The van der Waals surface area contributed by atoms with Gasteiger partial charge in [0.1, 0.15) is 0 Å². The van der Waals surface area contributed by atoms with Gasteiger partial charge in [0.2, 0.25) is 0 Å². The number of unbranched alkanes of at least 4 members (excludes halogenated alkanes) is 2. The van der Waals surface area contributed by atoms with E-state index in [-0.39, 0.29) is 14.9 Å². The van der Waals surface area contributed by atoms with Crippen LogP contribution in [0.25, 0.3) is 0 Å². The van der Waals surface area contributed by atoms with Crippen molar-refractivity contribution in [3.8, 4) is 0 Å². The molecule has 0 aromatic heterocycles. The Bertz CT molecular complexity index is 215. The summed E-state index contributed by atoms with van der Waals surface area (Å²) in [5.41, 5.74) is 1.10. The predicted molar refractivity (Wildman–Crippen MR) is 80.5 cm³/mol. The summed E-state index contributed by atoms with van der Waals surface area (Å²) in [6.07, 6.45) is 14.1. The Morgan fingerprint density at radius 3 is 2.22 bits per heavy atom. The van der Waals surface area contributed by atoms with E-state index in [1.165, 1.54) is 63.5 Å². The zero-order chi connectivity index (χ0) is 12.8. The fraction of sp³-hybridized carbons (Fsp3) is 1.00. The lowest BCUT2D eigenvalue weighted by Crippen LogP contribution is -2.31. The first-order valence-corrected chi connectivity index (χ1v) is 10.3. The lowest BCUT2D eigenvalue weighted by Gasteiger charge is -2.36. The maximum atomic E-state index is 9.60. The highest BCUT2D eigenvalue weighted by atomic mass is 28.3. The highest BCUT2D eigenvalue weighted by Gasteiger charge is 2.31. The molecule has 0 spiro atoms. The van der Waals surface area contributed by atoms with E-state index in [9.17, 15) is 5.11 Å². The normalized spacial score (nSPS) is 31.7. The van der Waals surface area contributed by atoms with Gasteiger partial charge in [0.05, 0.1) is 14.9 Å². The Kier molecular flexibility index (Phi) is 6.23. The fourth-order valence-corrected chi connectivity index (χ4v) is 7.55. The van der Waals surface area contributed by atoms with E-state index in [0.717, 1.165) is 24.3 Å². The van der Waals surface area contributed by atoms with Crippen molar-refractivity contribution in [3.05, 3.63) is 0 Å². The van der Waals surface area contributed by atoms with E-state index in [1.807, 2.05) is 0 Å². The van der Waals surface area contributed by atoms with Gasteiger partial charge in [-0.1, -0.05) is 70.4 Å². The minimum Gasteiger partial charge on any atom is -0.393 e. The van der Waals surface area contributed by atoms with E-state index in [0.29, 0.717) is 0 Å². The van der Waals surface area contributed by atoms with Crippen LogP contribution in [0.4, 0.5) is 0 Å². The molecule has 1 aliphatic carbocycles. The number of aliphatic hydroxyl groups is 1. The molecule has 2 rings (SSSR count). The topological polar surface area (TPSA) is 20.2 Å². The first-order chi connectivity index (χ1) is 8.79. The van der Waals surface area contributed by atoms with Gasteiger partial charge >= 0.3 is 0 Å². The molecule has 2 fully saturated rings. The molecule has 0 bridgehead atoms. The van der Waals surface area contributed by atoms with Crippen LogP contribution in [0.5, 0.6) is 0 Å². The molecule has 1 saturated heterocycles. The van der Waals surface area contributed by atoms with Crippen LogP contribution in [-0.4, -0.2) is 20.0 Å². The van der Waals surface area contributed by atoms with Crippen LogP contribution >= 0.6 is 0 Å². The largest absolute Gasteiger partial charge is 0.393 e. The SMILES string of the molecule is CCCCCC1CCC([Si]2CCC(O)CC2)CC1. The molecule has 18 heavy (non-hydrogen) atoms. The minimum absolute atomic E-state index is 0.0455. The number of aliphatic hydroxyl groups excluding tert-OH is 1. The number of rotatable bonds is 5. The first kappa shape index (κ1) is 14.6. The van der Waals surface area contributed by atoms with Crippen molar-refractivity contribution in [2.45, 2.75) is 94.9 Å². The van der Waals surface area contributed by atoms with Gasteiger partial charge in [0.15, 0.2) is 0 Å². The van der Waals surface area contributed by atoms with Crippen molar-refractivity contribution in [3.63, 3.8) is 0 Å². The number of hydrogen-bond donors (Lipinski definition) is 1. The summed E-state index contributed by atoms with van der Waals surface area (Å²) < 4.78 is 0. The Labute approximate surface area is 115 Å². The van der Waals surface area contributed by atoms with Gasteiger partial charge < -0.3 is 5.11 Å². The van der Waals surface area contributed by atoms with Gasteiger partial charge in [-0.2, -0.15) is 0 Å². The van der Waals surface area contributed by atoms with Crippen molar-refractivity contribution in [2.75, 3.05) is 0 Å². The van der Waals surface area contributed by atoms with Crippen molar-refractivity contribution in [1.29, 1.82) is 0 Å². The highest BCUT2D eigenvalue weighted by molar-refractivity contribution is 6.60. The molecule has 1 radical (unpaired) electrons. The Balaban J connectivity index is 1.63. The summed E-state index contributed by atoms with van der Waals surface area (Å²) in [7, 11) is -0.0890. The molecule has 0 amide bonds. The molecule has 0 aromatic carbocycles. The quantitative estimate of drug-likeness (QED) is 0.561. The van der Waals surface area contributed by atoms with Gasteiger partial charge in [-0.15, -0.1) is 0 Å². The summed E-state index contributed by atoms with van der Waals surface area (Å²) in [5.74, 6) is 1.06. The van der Waals surface area contributed by atoms with Gasteiger partial charge in [0, 0.05) is 0 Å². The smallest absolute Gasteiger partial charge is 0.0534 e. The van der Waals surface area contributed by atoms with Crippen LogP contribution < -0.4 is 0 Å². The van der Waals surface area contributed by atoms with E-state index < -0.39 is 0 Å². The third kappa shape index (κ3) is 4.38. The maximum absolute atomic E-state index is 9.60. The molecular formula is C16H31OSi. The molecule has 1 saturated carbocycles. The van der Waals surface area contributed by atoms with E-state index >= 15 is 0 Å². The van der Waals surface area contributed by atoms with Crippen LogP contribution in [0, 0.1) is 5.92 Å². The third-order valence-electron chi connectivity index (χ3n) is 5.24. The Morgan fingerprint density at radius 1 is 0.944 bits per heavy atom. The van der Waals surface area contributed by atoms with Gasteiger partial charge in [-0.3, -0.25) is 0 Å². The monoisotopic (exact) mass is 267 g/mol. The summed E-state index contributed by atoms with van der Waals surface area (Å²) >= 11 is 0. The summed E-state index contributed by atoms with van der Waals surface area (Å²) in [5, 5.41) is 9.60. The molecule has 1 aliphatic heterocycles. The minimum atomic E-state index is -0.0890. The molecular weight excluding hydrogens is 236 g/mol. The second kappa shape index (κ2) is 7.69. The number of hydrogen-bond acceptors (Lipinski definition) is 1. The maximum Gasteiger partial charge on any atom is 0.0534 e. The van der Waals surface area contributed by atoms with Crippen LogP contribution in [0.2, 0.25) is 17.6 Å². The zero-order valence-corrected chi connectivity index (χ0v) is 13.2. The average Bonchev–Trinajstić information content (AvgIpc) is 2.41. The molecule has 2 heteroatoms. The van der Waals surface area contributed by atoms with Gasteiger partial charge in [0.25, 0.3) is 0 Å². The van der Waals surface area contributed by atoms with Crippen molar-refractivity contribution in [2.24, 2.45) is 5.92 Å². The molecule has 2 aliphatic rings. The third-order valence-corrected chi connectivity index (χ3v) is 8.83. The van der Waals surface area contributed by atoms with Crippen molar-refractivity contribution < 1.29 is 5.11 Å². The molecule has 0 atom stereocenters. The lowest BCUT2D eigenvalue weighted by atomic mass is 9.85. The predicted octanol–water partition coefficient (Wildman–Crippen LogP) is 4.78. The molecule has 105 valence electrons. The van der Waals surface area contributed by atoms with Crippen LogP contribution in [-0.2, 0) is 0 Å². The molecule has 1 N–H and O–H groups in total. The van der Waals surface area contributed by atoms with E-state index in [1.54, 1.807) is 0 Å². The molecule has 0 aromatic rings. The standard InChI is InChI=1S/C16H31OSi/c1-2-3-4-5-14-6-8-16(9-7-14)18-12-10-15(17)11-13-18/h14-17H,2-13H2,1H3. The average molecular weight is 268 g/mol. The van der Waals surface area contributed by atoms with Gasteiger partial charge in [-0.05, 0) is 24.3 Å². The van der Waals surface area contributed by atoms with Crippen LogP contribution in [0.3, 0.4) is 0 Å². The fourth-order valence-electron chi connectivity index (χ4n) is 3.92. The lowest BCUT2D eigenvalue weighted by molar-refractivity contribution is 0.159. The summed E-state index contributed by atoms with van der Waals surface area (Å²) in [4.78, 5) is 0. The second-order valence-electron chi connectivity index (χ2n) is 6.60. The van der Waals surface area contributed by atoms with Crippen LogP contribution in [0.1, 0.15) is 71.1 Å². The van der Waals surface area contributed by atoms with E-state index in [4.69, 9.17) is 0 Å². The Morgan fingerprint density at radius 2 is 1.61 bits per heavy atom. The zero-order valence-electron chi connectivity index (χ0n) is 12.2. The Hall–Kier alpha value is 0.177. The summed E-state index contributed by atoms with van der Waals surface area (Å²) in [6, 6.07) is 2.80. The summed E-state index contributed by atoms with van der Waals surface area (Å²) in [6.45, 7) is 2.30. The van der Waals surface area contributed by atoms with Gasteiger partial charge in [-0.25, -0.2) is 0 Å². The molecule has 1 heterocycles. The first-order valence-electron chi connectivity index (χ1n) is 8.32. The highest BCUT2D eigenvalue weighted by Crippen LogP contribution is 2.41. The second-order valence-corrected chi connectivity index (χ2v) is 9.74. The molecule has 1 nitrogen and oxygen atoms in total. The van der Waals surface area contributed by atoms with E-state index in [2.05, 4.69) is 6.92 Å². The molecule has 0 unspecified atom stereocenters. The van der Waals surface area contributed by atoms with Crippen LogP contribution in [0.15, 0.2) is 0 Å².